The van der Waals surface area contributed by atoms with Gasteiger partial charge in [-0.05, 0) is 20.9 Å². The van der Waals surface area contributed by atoms with Crippen molar-refractivity contribution in [1.82, 2.24) is 4.90 Å². The molecule has 11 heavy (non-hydrogen) atoms. The highest BCUT2D eigenvalue weighted by atomic mass is 16.5. The van der Waals surface area contributed by atoms with Crippen molar-refractivity contribution in [3.8, 4) is 0 Å². The molecule has 0 aromatic carbocycles. The van der Waals surface area contributed by atoms with E-state index in [0.29, 0.717) is 0 Å². The largest absolute Gasteiger partial charge is 0.379 e. The molecule has 0 spiro atoms. The minimum Gasteiger partial charge on any atom is -0.379 e. The van der Waals surface area contributed by atoms with E-state index in [1.54, 1.807) is 0 Å². The van der Waals surface area contributed by atoms with Crippen LogP contribution in [0, 0.1) is 0 Å². The third kappa shape index (κ3) is 9.59. The molecule has 0 N–H and O–H groups in total. The summed E-state index contributed by atoms with van der Waals surface area (Å²) in [6, 6.07) is 0. The van der Waals surface area contributed by atoms with Gasteiger partial charge in [-0.25, -0.2) is 0 Å². The fraction of sp³-hybridized carbons (Fsp3) is 0.875. The maximum Gasteiger partial charge on any atom is 0.126 e. The Bertz CT molecular complexity index is 105. The number of morpholine rings is 1. The second kappa shape index (κ2) is 6.31. The third-order valence-electron chi connectivity index (χ3n) is 1.23. The Morgan fingerprint density at radius 2 is 1.64 bits per heavy atom. The van der Waals surface area contributed by atoms with Crippen LogP contribution in [0.4, 0.5) is 0 Å². The van der Waals surface area contributed by atoms with Crippen LogP contribution in [0.3, 0.4) is 0 Å². The topological polar surface area (TPSA) is 29.5 Å². The van der Waals surface area contributed by atoms with E-state index < -0.39 is 0 Å². The normalized spacial score (nSPS) is 18.5. The quantitative estimate of drug-likeness (QED) is 0.517. The highest BCUT2D eigenvalue weighted by Gasteiger charge is 2.02. The van der Waals surface area contributed by atoms with Crippen LogP contribution in [0.2, 0.25) is 0 Å². The number of ketones is 1. The number of carbonyl (C=O) groups is 1. The lowest BCUT2D eigenvalue weighted by atomic mass is 10.5. The van der Waals surface area contributed by atoms with Gasteiger partial charge in [-0.2, -0.15) is 0 Å². The molecule has 0 aromatic rings. The molecule has 66 valence electrons. The summed E-state index contributed by atoms with van der Waals surface area (Å²) in [5.74, 6) is 0.167. The smallest absolute Gasteiger partial charge is 0.126 e. The molecule has 1 fully saturated rings. The number of nitrogens with zero attached hydrogens (tertiary/aromatic N) is 1. The van der Waals surface area contributed by atoms with Gasteiger partial charge < -0.3 is 14.4 Å². The molecule has 3 heteroatoms. The van der Waals surface area contributed by atoms with E-state index in [9.17, 15) is 4.79 Å². The monoisotopic (exact) mass is 159 g/mol. The Labute approximate surface area is 68.3 Å². The Balaban J connectivity index is 0.000000218. The lowest BCUT2D eigenvalue weighted by molar-refractivity contribution is -0.114. The Kier molecular flexibility index (Phi) is 6.07. The van der Waals surface area contributed by atoms with Crippen molar-refractivity contribution in [1.29, 1.82) is 0 Å². The Hall–Kier alpha value is -0.410. The van der Waals surface area contributed by atoms with Gasteiger partial charge in [0.05, 0.1) is 13.2 Å². The lowest BCUT2D eigenvalue weighted by Crippen LogP contribution is -2.32. The molecule has 1 rings (SSSR count). The van der Waals surface area contributed by atoms with Crippen molar-refractivity contribution in [3.05, 3.63) is 0 Å². The van der Waals surface area contributed by atoms with Gasteiger partial charge in [0.1, 0.15) is 5.78 Å². The summed E-state index contributed by atoms with van der Waals surface area (Å²) >= 11 is 0. The summed E-state index contributed by atoms with van der Waals surface area (Å²) < 4.78 is 5.10. The van der Waals surface area contributed by atoms with Crippen LogP contribution < -0.4 is 0 Å². The summed E-state index contributed by atoms with van der Waals surface area (Å²) in [6.07, 6.45) is 0. The van der Waals surface area contributed by atoms with Crippen LogP contribution >= 0.6 is 0 Å². The van der Waals surface area contributed by atoms with E-state index in [0.717, 1.165) is 26.3 Å². The van der Waals surface area contributed by atoms with Gasteiger partial charge in [0.2, 0.25) is 0 Å². The molecule has 0 bridgehead atoms. The van der Waals surface area contributed by atoms with Crippen molar-refractivity contribution in [2.24, 2.45) is 0 Å². The van der Waals surface area contributed by atoms with E-state index in [2.05, 4.69) is 11.9 Å². The predicted molar refractivity (Wildman–Crippen MR) is 44.7 cm³/mol. The molecule has 0 radical (unpaired) electrons. The number of hydrogen-bond acceptors (Lipinski definition) is 3. The fourth-order valence-corrected chi connectivity index (χ4v) is 0.655. The molecule has 0 unspecified atom stereocenters. The second-order valence-electron chi connectivity index (χ2n) is 2.82. The van der Waals surface area contributed by atoms with Gasteiger partial charge in [0.25, 0.3) is 0 Å². The minimum absolute atomic E-state index is 0.167. The van der Waals surface area contributed by atoms with Gasteiger partial charge in [-0.1, -0.05) is 0 Å². The van der Waals surface area contributed by atoms with Crippen LogP contribution in [0.15, 0.2) is 0 Å². The lowest BCUT2D eigenvalue weighted by Gasteiger charge is -2.21. The third-order valence-corrected chi connectivity index (χ3v) is 1.23. The van der Waals surface area contributed by atoms with Gasteiger partial charge in [0.15, 0.2) is 0 Å². The van der Waals surface area contributed by atoms with Crippen LogP contribution in [0.25, 0.3) is 0 Å². The SMILES string of the molecule is CC(C)=O.CN1CCOCC1. The Morgan fingerprint density at radius 1 is 1.27 bits per heavy atom. The molecule has 1 aliphatic heterocycles. The molecule has 0 atom stereocenters. The Morgan fingerprint density at radius 3 is 1.82 bits per heavy atom. The number of carbonyl (C=O) groups excluding carboxylic acids is 1. The van der Waals surface area contributed by atoms with Crippen LogP contribution in [-0.4, -0.2) is 44.0 Å². The molecular formula is C8H17NO2. The molecule has 3 nitrogen and oxygen atoms in total. The van der Waals surface area contributed by atoms with E-state index in [1.807, 2.05) is 0 Å². The number of Topliss-reactive ketones (excluding diaryl/α,β-unsaturated/α-hetero) is 1. The van der Waals surface area contributed by atoms with Crippen LogP contribution in [0.5, 0.6) is 0 Å². The molecule has 0 aliphatic carbocycles. The summed E-state index contributed by atoms with van der Waals surface area (Å²) in [7, 11) is 2.11. The number of ether oxygens (including phenoxy) is 1. The van der Waals surface area contributed by atoms with Gasteiger partial charge >= 0.3 is 0 Å². The summed E-state index contributed by atoms with van der Waals surface area (Å²) in [5, 5.41) is 0. The first kappa shape index (κ1) is 10.6. The predicted octanol–water partition coefficient (Wildman–Crippen LogP) is 0.544. The molecule has 0 saturated carbocycles. The van der Waals surface area contributed by atoms with E-state index >= 15 is 0 Å². The van der Waals surface area contributed by atoms with Crippen LogP contribution in [0.1, 0.15) is 13.8 Å². The maximum absolute atomic E-state index is 9.44. The van der Waals surface area contributed by atoms with E-state index in [-0.39, 0.29) is 5.78 Å². The number of likely N-dealkylation sites (N-methyl/N-ethyl adjacent to an activating group) is 1. The second-order valence-corrected chi connectivity index (χ2v) is 2.82. The first-order valence-corrected chi connectivity index (χ1v) is 3.86. The average Bonchev–Trinajstić information content (AvgIpc) is 1.87. The van der Waals surface area contributed by atoms with Gasteiger partial charge in [0, 0.05) is 13.1 Å². The maximum atomic E-state index is 9.44. The van der Waals surface area contributed by atoms with Crippen LogP contribution in [-0.2, 0) is 9.53 Å². The van der Waals surface area contributed by atoms with E-state index in [4.69, 9.17) is 4.74 Å². The van der Waals surface area contributed by atoms with Crippen molar-refractivity contribution in [2.75, 3.05) is 33.4 Å². The average molecular weight is 159 g/mol. The molecule has 0 amide bonds. The standard InChI is InChI=1S/C5H11NO.C3H6O/c1-6-2-4-7-5-3-6;1-3(2)4/h2-5H2,1H3;1-2H3. The summed E-state index contributed by atoms with van der Waals surface area (Å²) in [6.45, 7) is 7.08. The first-order valence-electron chi connectivity index (χ1n) is 3.86. The zero-order valence-electron chi connectivity index (χ0n) is 7.59. The summed E-state index contributed by atoms with van der Waals surface area (Å²) in [5.41, 5.74) is 0. The molecule has 0 aromatic heterocycles. The zero-order chi connectivity index (χ0) is 8.69. The van der Waals surface area contributed by atoms with Gasteiger partial charge in [-0.3, -0.25) is 0 Å². The zero-order valence-corrected chi connectivity index (χ0v) is 7.59. The summed E-state index contributed by atoms with van der Waals surface area (Å²) in [4.78, 5) is 11.7. The van der Waals surface area contributed by atoms with Crippen molar-refractivity contribution < 1.29 is 9.53 Å². The van der Waals surface area contributed by atoms with Crippen molar-refractivity contribution in [2.45, 2.75) is 13.8 Å². The minimum atomic E-state index is 0.167. The van der Waals surface area contributed by atoms with Crippen molar-refractivity contribution >= 4 is 5.78 Å². The first-order chi connectivity index (χ1) is 5.13. The van der Waals surface area contributed by atoms with Gasteiger partial charge in [-0.15, -0.1) is 0 Å². The van der Waals surface area contributed by atoms with Crippen molar-refractivity contribution in [3.63, 3.8) is 0 Å². The molecule has 1 saturated heterocycles. The highest BCUT2D eigenvalue weighted by Crippen LogP contribution is 1.89. The highest BCUT2D eigenvalue weighted by molar-refractivity contribution is 5.72. The van der Waals surface area contributed by atoms with E-state index in [1.165, 1.54) is 13.8 Å². The fourth-order valence-electron chi connectivity index (χ4n) is 0.655. The molecule has 1 heterocycles. The number of rotatable bonds is 0. The molecular weight excluding hydrogens is 142 g/mol. The number of hydrogen-bond donors (Lipinski definition) is 0. The molecule has 1 aliphatic rings.